The van der Waals surface area contributed by atoms with E-state index < -0.39 is 0 Å². The van der Waals surface area contributed by atoms with E-state index >= 15 is 0 Å². The van der Waals surface area contributed by atoms with Gasteiger partial charge in [-0.3, -0.25) is 4.68 Å². The average Bonchev–Trinajstić information content (AvgIpc) is 2.87. The van der Waals surface area contributed by atoms with E-state index in [9.17, 15) is 0 Å². The number of aryl methyl sites for hydroxylation is 2. The molecule has 17 heavy (non-hydrogen) atoms. The molecule has 0 bridgehead atoms. The van der Waals surface area contributed by atoms with Gasteiger partial charge in [0.05, 0.1) is 16.0 Å². The lowest BCUT2D eigenvalue weighted by Crippen LogP contribution is -2.09. The van der Waals surface area contributed by atoms with E-state index in [4.69, 9.17) is 5.73 Å². The first-order valence-corrected chi connectivity index (χ1v) is 7.26. The van der Waals surface area contributed by atoms with Crippen molar-refractivity contribution in [2.45, 2.75) is 32.9 Å². The second-order valence-electron chi connectivity index (χ2n) is 4.12. The minimum atomic E-state index is -0.0735. The number of hydrogen-bond donors (Lipinski definition) is 1. The van der Waals surface area contributed by atoms with E-state index in [1.165, 1.54) is 10.4 Å². The van der Waals surface area contributed by atoms with Crippen LogP contribution in [-0.4, -0.2) is 9.78 Å². The fourth-order valence-electron chi connectivity index (χ4n) is 1.69. The molecule has 0 aliphatic carbocycles. The summed E-state index contributed by atoms with van der Waals surface area (Å²) in [6.07, 6.45) is 4.99. The van der Waals surface area contributed by atoms with Gasteiger partial charge in [0, 0.05) is 23.2 Å². The van der Waals surface area contributed by atoms with Crippen molar-refractivity contribution in [3.8, 4) is 0 Å². The first kappa shape index (κ1) is 12.8. The molecular weight excluding hydrogens is 298 g/mol. The number of aromatic nitrogens is 2. The zero-order valence-electron chi connectivity index (χ0n) is 9.98. The molecule has 2 aromatic rings. The van der Waals surface area contributed by atoms with Crippen LogP contribution in [0.15, 0.2) is 22.2 Å². The Kier molecular flexibility index (Phi) is 4.01. The monoisotopic (exact) mass is 313 g/mol. The molecule has 5 heteroatoms. The van der Waals surface area contributed by atoms with Crippen molar-refractivity contribution in [1.82, 2.24) is 9.78 Å². The molecule has 0 aliphatic heterocycles. The van der Waals surface area contributed by atoms with Crippen molar-refractivity contribution in [2.75, 3.05) is 0 Å². The van der Waals surface area contributed by atoms with Crippen molar-refractivity contribution in [2.24, 2.45) is 5.73 Å². The predicted octanol–water partition coefficient (Wildman–Crippen LogP) is 3.47. The number of nitrogens with two attached hydrogens (primary N) is 1. The van der Waals surface area contributed by atoms with Crippen LogP contribution in [0.1, 0.15) is 35.4 Å². The van der Waals surface area contributed by atoms with E-state index in [1.54, 1.807) is 11.3 Å². The number of hydrogen-bond acceptors (Lipinski definition) is 3. The summed E-state index contributed by atoms with van der Waals surface area (Å²) in [4.78, 5) is 1.17. The molecule has 1 atom stereocenters. The largest absolute Gasteiger partial charge is 0.320 e. The molecule has 0 amide bonds. The SMILES string of the molecule is CCCn1cc(C(N)c2cc(C)c(Br)s2)cn1. The molecule has 2 heterocycles. The van der Waals surface area contributed by atoms with Gasteiger partial charge in [-0.2, -0.15) is 5.10 Å². The van der Waals surface area contributed by atoms with E-state index in [2.05, 4.69) is 40.9 Å². The third-order valence-corrected chi connectivity index (χ3v) is 4.87. The van der Waals surface area contributed by atoms with Gasteiger partial charge in [-0.25, -0.2) is 0 Å². The summed E-state index contributed by atoms with van der Waals surface area (Å²) in [6, 6.07) is 2.06. The fourth-order valence-corrected chi connectivity index (χ4v) is 3.29. The summed E-state index contributed by atoms with van der Waals surface area (Å²) in [5.41, 5.74) is 8.56. The molecule has 0 aliphatic rings. The van der Waals surface area contributed by atoms with Crippen LogP contribution >= 0.6 is 27.3 Å². The van der Waals surface area contributed by atoms with Crippen molar-refractivity contribution in [3.63, 3.8) is 0 Å². The Morgan fingerprint density at radius 3 is 2.94 bits per heavy atom. The quantitative estimate of drug-likeness (QED) is 0.939. The lowest BCUT2D eigenvalue weighted by atomic mass is 10.1. The minimum Gasteiger partial charge on any atom is -0.320 e. The highest BCUT2D eigenvalue weighted by Gasteiger charge is 2.14. The third kappa shape index (κ3) is 2.78. The van der Waals surface area contributed by atoms with Crippen molar-refractivity contribution < 1.29 is 0 Å². The molecule has 3 nitrogen and oxygen atoms in total. The van der Waals surface area contributed by atoms with Gasteiger partial charge in [0.2, 0.25) is 0 Å². The third-order valence-electron chi connectivity index (χ3n) is 2.65. The van der Waals surface area contributed by atoms with Gasteiger partial charge in [-0.15, -0.1) is 11.3 Å². The van der Waals surface area contributed by atoms with Crippen molar-refractivity contribution >= 4 is 27.3 Å². The van der Waals surface area contributed by atoms with Gasteiger partial charge in [0.1, 0.15) is 0 Å². The van der Waals surface area contributed by atoms with Gasteiger partial charge in [-0.05, 0) is 40.9 Å². The van der Waals surface area contributed by atoms with Gasteiger partial charge in [-0.1, -0.05) is 6.92 Å². The number of nitrogens with zero attached hydrogens (tertiary/aromatic N) is 2. The Labute approximate surface area is 114 Å². The maximum Gasteiger partial charge on any atom is 0.0731 e. The molecular formula is C12H16BrN3S. The molecule has 0 radical (unpaired) electrons. The van der Waals surface area contributed by atoms with Gasteiger partial charge >= 0.3 is 0 Å². The summed E-state index contributed by atoms with van der Waals surface area (Å²) in [5.74, 6) is 0. The summed E-state index contributed by atoms with van der Waals surface area (Å²) >= 11 is 5.22. The van der Waals surface area contributed by atoms with Gasteiger partial charge in [0.25, 0.3) is 0 Å². The van der Waals surface area contributed by atoms with Gasteiger partial charge < -0.3 is 5.73 Å². The number of thiophene rings is 1. The van der Waals surface area contributed by atoms with Crippen molar-refractivity contribution in [3.05, 3.63) is 38.3 Å². The molecule has 2 aromatic heterocycles. The number of halogens is 1. The Morgan fingerprint density at radius 1 is 1.59 bits per heavy atom. The topological polar surface area (TPSA) is 43.8 Å². The molecule has 2 rings (SSSR count). The second-order valence-corrected chi connectivity index (χ2v) is 6.52. The highest BCUT2D eigenvalue weighted by Crippen LogP contribution is 2.32. The zero-order valence-corrected chi connectivity index (χ0v) is 12.4. The molecule has 0 saturated carbocycles. The first-order chi connectivity index (χ1) is 8.11. The standard InChI is InChI=1S/C12H16BrN3S/c1-3-4-16-7-9(6-15-16)11(14)10-5-8(2)12(13)17-10/h5-7,11H,3-4,14H2,1-2H3. The molecule has 2 N–H and O–H groups in total. The lowest BCUT2D eigenvalue weighted by Gasteiger charge is -2.05. The highest BCUT2D eigenvalue weighted by molar-refractivity contribution is 9.11. The minimum absolute atomic E-state index is 0.0735. The Balaban J connectivity index is 2.20. The molecule has 0 aromatic carbocycles. The van der Waals surface area contributed by atoms with Crippen LogP contribution in [0.25, 0.3) is 0 Å². The molecule has 0 fully saturated rings. The van der Waals surface area contributed by atoms with Gasteiger partial charge in [0.15, 0.2) is 0 Å². The van der Waals surface area contributed by atoms with Crippen LogP contribution in [-0.2, 0) is 6.54 Å². The summed E-state index contributed by atoms with van der Waals surface area (Å²) in [5, 5.41) is 4.31. The summed E-state index contributed by atoms with van der Waals surface area (Å²) < 4.78 is 3.11. The zero-order chi connectivity index (χ0) is 12.4. The molecule has 1 unspecified atom stereocenters. The fraction of sp³-hybridized carbons (Fsp3) is 0.417. The summed E-state index contributed by atoms with van der Waals surface area (Å²) in [6.45, 7) is 5.16. The number of rotatable bonds is 4. The van der Waals surface area contributed by atoms with Crippen LogP contribution in [0.4, 0.5) is 0 Å². The van der Waals surface area contributed by atoms with E-state index in [-0.39, 0.29) is 6.04 Å². The normalized spacial score (nSPS) is 12.9. The first-order valence-electron chi connectivity index (χ1n) is 5.65. The Hall–Kier alpha value is -0.650. The van der Waals surface area contributed by atoms with Crippen LogP contribution in [0, 0.1) is 6.92 Å². The van der Waals surface area contributed by atoms with Crippen LogP contribution in [0.2, 0.25) is 0 Å². The lowest BCUT2D eigenvalue weighted by molar-refractivity contribution is 0.602. The predicted molar refractivity (Wildman–Crippen MR) is 75.3 cm³/mol. The molecule has 0 spiro atoms. The van der Waals surface area contributed by atoms with Crippen LogP contribution < -0.4 is 5.73 Å². The summed E-state index contributed by atoms with van der Waals surface area (Å²) in [7, 11) is 0. The van der Waals surface area contributed by atoms with E-state index in [0.29, 0.717) is 0 Å². The smallest absolute Gasteiger partial charge is 0.0731 e. The second kappa shape index (κ2) is 5.33. The Morgan fingerprint density at radius 2 is 2.35 bits per heavy atom. The van der Waals surface area contributed by atoms with Crippen molar-refractivity contribution in [1.29, 1.82) is 0 Å². The van der Waals surface area contributed by atoms with E-state index in [0.717, 1.165) is 22.3 Å². The maximum absolute atomic E-state index is 6.24. The molecule has 92 valence electrons. The molecule has 0 saturated heterocycles. The average molecular weight is 314 g/mol. The van der Waals surface area contributed by atoms with E-state index in [1.807, 2.05) is 17.1 Å². The Bertz CT molecular complexity index is 484. The maximum atomic E-state index is 6.24. The van der Waals surface area contributed by atoms with Crippen LogP contribution in [0.5, 0.6) is 0 Å². The van der Waals surface area contributed by atoms with Crippen LogP contribution in [0.3, 0.4) is 0 Å². The highest BCUT2D eigenvalue weighted by atomic mass is 79.9.